The molecule has 0 aliphatic rings. The smallest absolute Gasteiger partial charge is 0.243 e. The number of nitrogens with zero attached hydrogens (tertiary/aromatic N) is 2. The number of amides is 2. The first kappa shape index (κ1) is 22.3. The van der Waals surface area contributed by atoms with Crippen LogP contribution in [0.3, 0.4) is 0 Å². The number of thioether (sulfide) groups is 1. The average molecular weight is 462 g/mol. The molecule has 7 nitrogen and oxygen atoms in total. The van der Waals surface area contributed by atoms with Crippen molar-refractivity contribution < 1.29 is 9.59 Å². The zero-order valence-electron chi connectivity index (χ0n) is 16.5. The van der Waals surface area contributed by atoms with Crippen LogP contribution < -0.4 is 16.0 Å². The lowest BCUT2D eigenvalue weighted by atomic mass is 10.1. The van der Waals surface area contributed by atoms with Gasteiger partial charge in [-0.1, -0.05) is 54.3 Å². The molecule has 30 heavy (non-hydrogen) atoms. The summed E-state index contributed by atoms with van der Waals surface area (Å²) in [6, 6.07) is 11.8. The Morgan fingerprint density at radius 1 is 1.10 bits per heavy atom. The van der Waals surface area contributed by atoms with E-state index in [0.717, 1.165) is 35.8 Å². The second kappa shape index (κ2) is 11.7. The molecule has 158 valence electrons. The van der Waals surface area contributed by atoms with E-state index in [4.69, 9.17) is 0 Å². The van der Waals surface area contributed by atoms with Crippen LogP contribution in [0.1, 0.15) is 17.4 Å². The molecule has 0 spiro atoms. The predicted molar refractivity (Wildman–Crippen MR) is 125 cm³/mol. The van der Waals surface area contributed by atoms with Gasteiger partial charge < -0.3 is 16.0 Å². The van der Waals surface area contributed by atoms with Crippen LogP contribution in [0.15, 0.2) is 46.1 Å². The number of aromatic nitrogens is 2. The lowest BCUT2D eigenvalue weighted by molar-refractivity contribution is -0.122. The third kappa shape index (κ3) is 7.12. The number of nitrogens with one attached hydrogen (secondary N) is 3. The van der Waals surface area contributed by atoms with Crippen molar-refractivity contribution >= 4 is 57.1 Å². The second-order valence-corrected chi connectivity index (χ2v) is 9.49. The van der Waals surface area contributed by atoms with Crippen molar-refractivity contribution in [1.29, 1.82) is 0 Å². The Labute approximate surface area is 187 Å². The highest BCUT2D eigenvalue weighted by atomic mass is 32.2. The van der Waals surface area contributed by atoms with Crippen molar-refractivity contribution in [2.75, 3.05) is 29.5 Å². The Morgan fingerprint density at radius 3 is 2.77 bits per heavy atom. The van der Waals surface area contributed by atoms with Crippen LogP contribution in [0, 0.1) is 0 Å². The van der Waals surface area contributed by atoms with Gasteiger partial charge >= 0.3 is 0 Å². The minimum absolute atomic E-state index is 0.0664. The molecule has 0 fully saturated rings. The third-order valence-electron chi connectivity index (χ3n) is 4.08. The van der Waals surface area contributed by atoms with Gasteiger partial charge in [0, 0.05) is 17.1 Å². The zero-order chi connectivity index (χ0) is 21.2. The van der Waals surface area contributed by atoms with Crippen molar-refractivity contribution in [3.8, 4) is 0 Å². The topological polar surface area (TPSA) is 96.0 Å². The van der Waals surface area contributed by atoms with Crippen molar-refractivity contribution in [3.05, 3.63) is 52.2 Å². The highest BCUT2D eigenvalue weighted by Crippen LogP contribution is 2.25. The number of para-hydroxylation sites is 1. The molecule has 0 radical (unpaired) electrons. The van der Waals surface area contributed by atoms with Crippen molar-refractivity contribution in [3.63, 3.8) is 0 Å². The third-order valence-corrected chi connectivity index (χ3v) is 7.03. The SMILES string of the molecule is CCc1ccccc1NC(=O)CNC(=O)CSc1nnc(NCCc2cccs2)s1. The minimum Gasteiger partial charge on any atom is -0.360 e. The van der Waals surface area contributed by atoms with E-state index in [2.05, 4.69) is 37.6 Å². The molecule has 2 aromatic heterocycles. The van der Waals surface area contributed by atoms with Gasteiger partial charge in [-0.2, -0.15) is 0 Å². The second-order valence-electron chi connectivity index (χ2n) is 6.25. The number of anilines is 2. The molecule has 0 unspecified atom stereocenters. The quantitative estimate of drug-likeness (QED) is 0.377. The van der Waals surface area contributed by atoms with E-state index in [9.17, 15) is 9.59 Å². The van der Waals surface area contributed by atoms with Gasteiger partial charge in [0.2, 0.25) is 16.9 Å². The molecule has 0 atom stereocenters. The monoisotopic (exact) mass is 461 g/mol. The van der Waals surface area contributed by atoms with E-state index in [0.29, 0.717) is 4.34 Å². The molecule has 0 aliphatic heterocycles. The summed E-state index contributed by atoms with van der Waals surface area (Å²) in [5.41, 5.74) is 1.84. The maximum absolute atomic E-state index is 12.1. The Morgan fingerprint density at radius 2 is 1.97 bits per heavy atom. The van der Waals surface area contributed by atoms with E-state index in [1.807, 2.05) is 37.3 Å². The van der Waals surface area contributed by atoms with Gasteiger partial charge in [-0.25, -0.2) is 0 Å². The van der Waals surface area contributed by atoms with Crippen LogP contribution in [-0.2, 0) is 22.4 Å². The van der Waals surface area contributed by atoms with Gasteiger partial charge in [-0.15, -0.1) is 21.5 Å². The van der Waals surface area contributed by atoms with Crippen LogP contribution in [0.4, 0.5) is 10.8 Å². The van der Waals surface area contributed by atoms with Crippen LogP contribution >= 0.6 is 34.4 Å². The lowest BCUT2D eigenvalue weighted by Gasteiger charge is -2.10. The number of thiophene rings is 1. The summed E-state index contributed by atoms with van der Waals surface area (Å²) >= 11 is 4.46. The Bertz CT molecular complexity index is 959. The molecule has 1 aromatic carbocycles. The van der Waals surface area contributed by atoms with Crippen molar-refractivity contribution in [2.24, 2.45) is 0 Å². The van der Waals surface area contributed by atoms with Crippen molar-refractivity contribution in [2.45, 2.75) is 24.1 Å². The Hall–Kier alpha value is -2.43. The molecular formula is C20H23N5O2S3. The van der Waals surface area contributed by atoms with Gasteiger partial charge in [-0.3, -0.25) is 9.59 Å². The van der Waals surface area contributed by atoms with Crippen molar-refractivity contribution in [1.82, 2.24) is 15.5 Å². The standard InChI is InChI=1S/C20H23N5O2S3/c1-2-14-6-3-4-8-16(14)23-17(26)12-22-18(27)13-29-20-25-24-19(30-20)21-10-9-15-7-5-11-28-15/h3-8,11H,2,9-10,12-13H2,1H3,(H,21,24)(H,22,27)(H,23,26). The number of carbonyl (C=O) groups excluding carboxylic acids is 2. The first-order chi connectivity index (χ1) is 14.6. The minimum atomic E-state index is -0.248. The fourth-order valence-corrected chi connectivity index (χ4v) is 4.91. The summed E-state index contributed by atoms with van der Waals surface area (Å²) in [6.07, 6.45) is 1.76. The Balaban J connectivity index is 1.34. The zero-order valence-corrected chi connectivity index (χ0v) is 19.0. The van der Waals surface area contributed by atoms with Gasteiger partial charge in [0.1, 0.15) is 0 Å². The largest absolute Gasteiger partial charge is 0.360 e. The van der Waals surface area contributed by atoms with Crippen LogP contribution in [0.2, 0.25) is 0 Å². The fraction of sp³-hybridized carbons (Fsp3) is 0.300. The number of rotatable bonds is 11. The molecule has 3 rings (SSSR count). The first-order valence-electron chi connectivity index (χ1n) is 9.51. The van der Waals surface area contributed by atoms with Gasteiger partial charge in [0.05, 0.1) is 12.3 Å². The first-order valence-corrected chi connectivity index (χ1v) is 12.2. The van der Waals surface area contributed by atoms with E-state index in [-0.39, 0.29) is 24.1 Å². The summed E-state index contributed by atoms with van der Waals surface area (Å²) in [5, 5.41) is 19.7. The molecule has 0 aliphatic carbocycles. The average Bonchev–Trinajstić information content (AvgIpc) is 3.43. The highest BCUT2D eigenvalue weighted by molar-refractivity contribution is 8.01. The molecule has 2 heterocycles. The van der Waals surface area contributed by atoms with E-state index in [1.165, 1.54) is 28.0 Å². The molecular weight excluding hydrogens is 438 g/mol. The van der Waals surface area contributed by atoms with Crippen LogP contribution in [-0.4, -0.2) is 40.9 Å². The maximum Gasteiger partial charge on any atom is 0.243 e. The summed E-state index contributed by atoms with van der Waals surface area (Å²) in [6.45, 7) is 2.75. The summed E-state index contributed by atoms with van der Waals surface area (Å²) in [4.78, 5) is 25.4. The number of hydrogen-bond donors (Lipinski definition) is 3. The van der Waals surface area contributed by atoms with Gasteiger partial charge in [-0.05, 0) is 35.9 Å². The maximum atomic E-state index is 12.1. The number of carbonyl (C=O) groups is 2. The number of aryl methyl sites for hydroxylation is 1. The van der Waals surface area contributed by atoms with E-state index < -0.39 is 0 Å². The highest BCUT2D eigenvalue weighted by Gasteiger charge is 2.10. The molecule has 3 N–H and O–H groups in total. The van der Waals surface area contributed by atoms with Gasteiger partial charge in [0.15, 0.2) is 4.34 Å². The molecule has 2 amide bonds. The van der Waals surface area contributed by atoms with Gasteiger partial charge in [0.25, 0.3) is 0 Å². The molecule has 0 bridgehead atoms. The predicted octanol–water partition coefficient (Wildman–Crippen LogP) is 3.66. The fourth-order valence-electron chi connectivity index (χ4n) is 2.59. The number of hydrogen-bond acceptors (Lipinski definition) is 8. The molecule has 0 saturated carbocycles. The van der Waals surface area contributed by atoms with E-state index >= 15 is 0 Å². The van der Waals surface area contributed by atoms with Crippen LogP contribution in [0.25, 0.3) is 0 Å². The summed E-state index contributed by atoms with van der Waals surface area (Å²) < 4.78 is 0.713. The Kier molecular flexibility index (Phi) is 8.66. The lowest BCUT2D eigenvalue weighted by Crippen LogP contribution is -2.34. The normalized spacial score (nSPS) is 10.6. The molecule has 0 saturated heterocycles. The van der Waals surface area contributed by atoms with Crippen LogP contribution in [0.5, 0.6) is 0 Å². The summed E-state index contributed by atoms with van der Waals surface area (Å²) in [5.74, 6) is -0.286. The van der Waals surface area contributed by atoms with E-state index in [1.54, 1.807) is 11.3 Å². The number of benzene rings is 1. The molecule has 3 aromatic rings. The summed E-state index contributed by atoms with van der Waals surface area (Å²) in [7, 11) is 0. The molecule has 10 heteroatoms.